The Morgan fingerprint density at radius 2 is 2.08 bits per heavy atom. The minimum atomic E-state index is 0.0412. The molecule has 0 aliphatic carbocycles. The Morgan fingerprint density at radius 3 is 2.79 bits per heavy atom. The summed E-state index contributed by atoms with van der Waals surface area (Å²) in [5.74, 6) is 2.89. The summed E-state index contributed by atoms with van der Waals surface area (Å²) in [6, 6.07) is 9.52. The van der Waals surface area contributed by atoms with Gasteiger partial charge >= 0.3 is 0 Å². The van der Waals surface area contributed by atoms with E-state index in [9.17, 15) is 4.79 Å². The molecule has 0 fully saturated rings. The first-order valence-corrected chi connectivity index (χ1v) is 13.6. The molecule has 1 atom stereocenters. The highest BCUT2D eigenvalue weighted by Gasteiger charge is 2.30. The Labute approximate surface area is 232 Å². The summed E-state index contributed by atoms with van der Waals surface area (Å²) in [6.45, 7) is 6.13. The maximum atomic E-state index is 12.8. The number of carbonyl (C=O) groups is 1. The van der Waals surface area contributed by atoms with E-state index in [2.05, 4.69) is 27.2 Å². The van der Waals surface area contributed by atoms with Gasteiger partial charge in [-0.2, -0.15) is 0 Å². The summed E-state index contributed by atoms with van der Waals surface area (Å²) in [5.41, 5.74) is 3.10. The van der Waals surface area contributed by atoms with Crippen LogP contribution < -0.4 is 14.8 Å². The number of anilines is 2. The van der Waals surface area contributed by atoms with Gasteiger partial charge in [-0.25, -0.2) is 15.0 Å². The van der Waals surface area contributed by atoms with Crippen LogP contribution in [-0.2, 0) is 11.3 Å². The first-order chi connectivity index (χ1) is 18.8. The molecule has 0 bridgehead atoms. The van der Waals surface area contributed by atoms with Gasteiger partial charge in [0.2, 0.25) is 11.8 Å². The van der Waals surface area contributed by atoms with Gasteiger partial charge < -0.3 is 24.6 Å². The zero-order valence-electron chi connectivity index (χ0n) is 22.8. The summed E-state index contributed by atoms with van der Waals surface area (Å²) < 4.78 is 11.1. The van der Waals surface area contributed by atoms with Crippen LogP contribution >= 0.6 is 11.3 Å². The number of carbonyl (C=O) groups excluding carboxylic acids is 1. The molecule has 1 aromatic carbocycles. The molecule has 0 radical (unpaired) electrons. The third-order valence-electron chi connectivity index (χ3n) is 6.55. The van der Waals surface area contributed by atoms with Gasteiger partial charge in [0.25, 0.3) is 0 Å². The Kier molecular flexibility index (Phi) is 7.76. The molecular weight excluding hydrogens is 512 g/mol. The lowest BCUT2D eigenvalue weighted by Gasteiger charge is -2.30. The van der Waals surface area contributed by atoms with Crippen molar-refractivity contribution in [2.24, 2.45) is 0 Å². The average molecular weight is 545 g/mol. The van der Waals surface area contributed by atoms with Crippen molar-refractivity contribution < 1.29 is 14.3 Å². The predicted octanol–water partition coefficient (Wildman–Crippen LogP) is 5.50. The molecule has 1 amide bonds. The van der Waals surface area contributed by atoms with Crippen molar-refractivity contribution in [2.75, 3.05) is 39.6 Å². The molecule has 10 heteroatoms. The number of pyridine rings is 1. The highest BCUT2D eigenvalue weighted by Crippen LogP contribution is 2.42. The minimum Gasteiger partial charge on any atom is -0.481 e. The fourth-order valence-corrected chi connectivity index (χ4v) is 5.96. The van der Waals surface area contributed by atoms with Crippen molar-refractivity contribution in [3.05, 3.63) is 71.0 Å². The molecule has 39 heavy (non-hydrogen) atoms. The summed E-state index contributed by atoms with van der Waals surface area (Å²) in [7, 11) is 5.55. The van der Waals surface area contributed by atoms with Gasteiger partial charge in [0.1, 0.15) is 28.5 Å². The second kappa shape index (κ2) is 11.4. The van der Waals surface area contributed by atoms with E-state index >= 15 is 0 Å². The standard InChI is InChI=1S/C29H32N6O3S/c1-18-13-20(8-10-22(18)38-21-9-11-24(37-5)30-14-21)33-28-27-26-19(2)15-35(25(36)7-6-12-34(3)4)16-23(26)39-29(27)32-17-31-28/h6-11,13-14,17,19H,12,15-16H2,1-5H3,(H,31,32,33)/t19-/m1/s1. The second-order valence-electron chi connectivity index (χ2n) is 9.87. The number of nitrogens with one attached hydrogen (secondary N) is 1. The monoisotopic (exact) mass is 544 g/mol. The van der Waals surface area contributed by atoms with Crippen LogP contribution in [0.15, 0.2) is 55.0 Å². The van der Waals surface area contributed by atoms with E-state index in [1.54, 1.807) is 43.1 Å². The molecule has 9 nitrogen and oxygen atoms in total. The zero-order valence-corrected chi connectivity index (χ0v) is 23.6. The SMILES string of the molecule is COc1ccc(Oc2ccc(Nc3ncnc4sc5c(c34)[C@H](C)CN(C(=O)C=CCN(C)C)C5)cc2C)cn1. The van der Waals surface area contributed by atoms with Crippen LogP contribution in [0.3, 0.4) is 0 Å². The third kappa shape index (κ3) is 5.86. The van der Waals surface area contributed by atoms with Crippen LogP contribution in [-0.4, -0.2) is 65.0 Å². The lowest BCUT2D eigenvalue weighted by atomic mass is 9.94. The topological polar surface area (TPSA) is 92.7 Å². The summed E-state index contributed by atoms with van der Waals surface area (Å²) in [4.78, 5) is 32.2. The predicted molar refractivity (Wildman–Crippen MR) is 154 cm³/mol. The Hall–Kier alpha value is -4.02. The fourth-order valence-electron chi connectivity index (χ4n) is 4.68. The number of fused-ring (bicyclic) bond motifs is 3. The molecule has 202 valence electrons. The number of hydrogen-bond donors (Lipinski definition) is 1. The molecule has 1 aliphatic rings. The van der Waals surface area contributed by atoms with Gasteiger partial charge in [-0.3, -0.25) is 4.79 Å². The molecule has 4 aromatic rings. The number of aromatic nitrogens is 3. The van der Waals surface area contributed by atoms with E-state index < -0.39 is 0 Å². The molecule has 0 saturated carbocycles. The summed E-state index contributed by atoms with van der Waals surface area (Å²) in [5, 5.41) is 4.53. The van der Waals surface area contributed by atoms with Crippen LogP contribution in [0, 0.1) is 6.92 Å². The van der Waals surface area contributed by atoms with E-state index in [0.29, 0.717) is 24.7 Å². The van der Waals surface area contributed by atoms with Gasteiger partial charge in [-0.15, -0.1) is 11.3 Å². The molecule has 4 heterocycles. The Morgan fingerprint density at radius 1 is 1.23 bits per heavy atom. The summed E-state index contributed by atoms with van der Waals surface area (Å²) >= 11 is 1.64. The first kappa shape index (κ1) is 26.6. The van der Waals surface area contributed by atoms with E-state index in [4.69, 9.17) is 9.47 Å². The largest absolute Gasteiger partial charge is 0.481 e. The highest BCUT2D eigenvalue weighted by molar-refractivity contribution is 7.19. The van der Waals surface area contributed by atoms with Crippen LogP contribution in [0.4, 0.5) is 11.5 Å². The lowest BCUT2D eigenvalue weighted by Crippen LogP contribution is -2.36. The molecular formula is C29H32N6O3S. The van der Waals surface area contributed by atoms with Crippen molar-refractivity contribution in [2.45, 2.75) is 26.3 Å². The van der Waals surface area contributed by atoms with Crippen molar-refractivity contribution in [1.82, 2.24) is 24.8 Å². The minimum absolute atomic E-state index is 0.0412. The number of nitrogens with zero attached hydrogens (tertiary/aromatic N) is 5. The number of amides is 1. The number of hydrogen-bond acceptors (Lipinski definition) is 9. The van der Waals surface area contributed by atoms with Crippen molar-refractivity contribution in [3.63, 3.8) is 0 Å². The third-order valence-corrected chi connectivity index (χ3v) is 7.65. The Balaban J connectivity index is 1.36. The molecule has 5 rings (SSSR count). The van der Waals surface area contributed by atoms with Gasteiger partial charge in [-0.1, -0.05) is 13.0 Å². The second-order valence-corrected chi connectivity index (χ2v) is 11.0. The molecule has 0 unspecified atom stereocenters. The maximum absolute atomic E-state index is 12.8. The van der Waals surface area contributed by atoms with Gasteiger partial charge in [0.05, 0.1) is 25.2 Å². The van der Waals surface area contributed by atoms with Crippen LogP contribution in [0.2, 0.25) is 0 Å². The number of methoxy groups -OCH3 is 1. The number of thiophene rings is 1. The van der Waals surface area contributed by atoms with E-state index in [0.717, 1.165) is 44.5 Å². The number of ether oxygens (including phenoxy) is 2. The number of aryl methyl sites for hydroxylation is 1. The van der Waals surface area contributed by atoms with Crippen LogP contribution in [0.1, 0.15) is 28.8 Å². The van der Waals surface area contributed by atoms with Crippen molar-refractivity contribution >= 4 is 39.0 Å². The number of rotatable bonds is 8. The van der Waals surface area contributed by atoms with E-state index in [1.807, 2.05) is 61.2 Å². The van der Waals surface area contributed by atoms with E-state index in [1.165, 1.54) is 5.56 Å². The normalized spacial score (nSPS) is 15.1. The van der Waals surface area contributed by atoms with Gasteiger partial charge in [0, 0.05) is 41.7 Å². The molecule has 0 spiro atoms. The van der Waals surface area contributed by atoms with Gasteiger partial charge in [-0.05, 0) is 56.4 Å². The van der Waals surface area contributed by atoms with Crippen LogP contribution in [0.25, 0.3) is 10.2 Å². The maximum Gasteiger partial charge on any atom is 0.246 e. The Bertz CT molecular complexity index is 1520. The highest BCUT2D eigenvalue weighted by atomic mass is 32.1. The molecule has 0 saturated heterocycles. The van der Waals surface area contributed by atoms with Crippen LogP contribution in [0.5, 0.6) is 17.4 Å². The quantitative estimate of drug-likeness (QED) is 0.291. The smallest absolute Gasteiger partial charge is 0.246 e. The molecule has 1 aliphatic heterocycles. The van der Waals surface area contributed by atoms with Crippen molar-refractivity contribution in [3.8, 4) is 17.4 Å². The van der Waals surface area contributed by atoms with Gasteiger partial charge in [0.15, 0.2) is 0 Å². The van der Waals surface area contributed by atoms with Crippen molar-refractivity contribution in [1.29, 1.82) is 0 Å². The first-order valence-electron chi connectivity index (χ1n) is 12.7. The molecule has 3 aromatic heterocycles. The number of benzene rings is 1. The summed E-state index contributed by atoms with van der Waals surface area (Å²) in [6.07, 6.45) is 6.81. The zero-order chi connectivity index (χ0) is 27.5. The fraction of sp³-hybridized carbons (Fsp3) is 0.310. The molecule has 1 N–H and O–H groups in total. The average Bonchev–Trinajstić information content (AvgIpc) is 3.30. The lowest BCUT2D eigenvalue weighted by molar-refractivity contribution is -0.127. The van der Waals surface area contributed by atoms with E-state index in [-0.39, 0.29) is 11.8 Å². The number of likely N-dealkylation sites (N-methyl/N-ethyl adjacent to an activating group) is 1.